The number of benzene rings is 1. The topological polar surface area (TPSA) is 57.6 Å². The standard InChI is InChI=1S/C17H19ClN4O/c1-3-22(4-2)14-9-7-13(8-10-14)12-20-21-17(23)15-6-5-11-19-16(15)18/h5-12H,3-4H2,1-2H3,(H,21,23). The van der Waals surface area contributed by atoms with Crippen LogP contribution in [0.1, 0.15) is 29.8 Å². The van der Waals surface area contributed by atoms with Crippen molar-refractivity contribution in [2.75, 3.05) is 18.0 Å². The Kier molecular flexibility index (Phi) is 6.11. The molecular formula is C17H19ClN4O. The van der Waals surface area contributed by atoms with Crippen LogP contribution in [0.5, 0.6) is 0 Å². The smallest absolute Gasteiger partial charge is 0.274 e. The van der Waals surface area contributed by atoms with Gasteiger partial charge in [-0.05, 0) is 43.7 Å². The van der Waals surface area contributed by atoms with Crippen molar-refractivity contribution in [1.29, 1.82) is 0 Å². The summed E-state index contributed by atoms with van der Waals surface area (Å²) >= 11 is 5.86. The highest BCUT2D eigenvalue weighted by molar-refractivity contribution is 6.32. The summed E-state index contributed by atoms with van der Waals surface area (Å²) in [6.45, 7) is 6.17. The number of rotatable bonds is 6. The van der Waals surface area contributed by atoms with Crippen molar-refractivity contribution in [2.45, 2.75) is 13.8 Å². The molecule has 0 unspecified atom stereocenters. The van der Waals surface area contributed by atoms with Crippen molar-refractivity contribution in [3.8, 4) is 0 Å². The van der Waals surface area contributed by atoms with Gasteiger partial charge >= 0.3 is 0 Å². The normalized spacial score (nSPS) is 10.7. The van der Waals surface area contributed by atoms with E-state index in [1.807, 2.05) is 24.3 Å². The average Bonchev–Trinajstić information content (AvgIpc) is 2.57. The molecule has 6 heteroatoms. The van der Waals surface area contributed by atoms with E-state index in [-0.39, 0.29) is 11.1 Å². The summed E-state index contributed by atoms with van der Waals surface area (Å²) in [6, 6.07) is 11.2. The van der Waals surface area contributed by atoms with Gasteiger partial charge in [0.05, 0.1) is 11.8 Å². The summed E-state index contributed by atoms with van der Waals surface area (Å²) in [5.41, 5.74) is 4.80. The minimum atomic E-state index is -0.390. The molecule has 5 nitrogen and oxygen atoms in total. The number of hydrogen-bond donors (Lipinski definition) is 1. The number of nitrogens with one attached hydrogen (secondary N) is 1. The van der Waals surface area contributed by atoms with Gasteiger partial charge < -0.3 is 4.90 Å². The molecule has 1 aromatic carbocycles. The fraction of sp³-hybridized carbons (Fsp3) is 0.235. The first-order chi connectivity index (χ1) is 11.2. The third-order valence-corrected chi connectivity index (χ3v) is 3.71. The number of carbonyl (C=O) groups is 1. The van der Waals surface area contributed by atoms with E-state index in [9.17, 15) is 4.79 Å². The van der Waals surface area contributed by atoms with Gasteiger partial charge in [0.2, 0.25) is 0 Å². The summed E-state index contributed by atoms with van der Waals surface area (Å²) < 4.78 is 0. The van der Waals surface area contributed by atoms with Crippen LogP contribution in [0.3, 0.4) is 0 Å². The zero-order valence-electron chi connectivity index (χ0n) is 13.2. The highest BCUT2D eigenvalue weighted by atomic mass is 35.5. The van der Waals surface area contributed by atoms with Crippen molar-refractivity contribution in [3.05, 3.63) is 58.9 Å². The molecule has 1 N–H and O–H groups in total. The third-order valence-electron chi connectivity index (χ3n) is 3.41. The van der Waals surface area contributed by atoms with Crippen molar-refractivity contribution in [1.82, 2.24) is 10.4 Å². The van der Waals surface area contributed by atoms with E-state index in [1.165, 1.54) is 11.9 Å². The fourth-order valence-corrected chi connectivity index (χ4v) is 2.35. The van der Waals surface area contributed by atoms with Gasteiger partial charge in [-0.3, -0.25) is 4.79 Å². The molecule has 23 heavy (non-hydrogen) atoms. The van der Waals surface area contributed by atoms with Crippen LogP contribution in [-0.2, 0) is 0 Å². The van der Waals surface area contributed by atoms with Gasteiger partial charge in [-0.2, -0.15) is 5.10 Å². The minimum absolute atomic E-state index is 0.156. The van der Waals surface area contributed by atoms with Crippen molar-refractivity contribution >= 4 is 29.4 Å². The van der Waals surface area contributed by atoms with Gasteiger partial charge in [0.1, 0.15) is 5.15 Å². The molecule has 2 rings (SSSR count). The fourth-order valence-electron chi connectivity index (χ4n) is 2.14. The Labute approximate surface area is 141 Å². The van der Waals surface area contributed by atoms with E-state index in [0.717, 1.165) is 18.7 Å². The molecule has 0 radical (unpaired) electrons. The Morgan fingerprint density at radius 3 is 2.57 bits per heavy atom. The van der Waals surface area contributed by atoms with Crippen LogP contribution in [0.15, 0.2) is 47.7 Å². The zero-order valence-corrected chi connectivity index (χ0v) is 13.9. The first-order valence-corrected chi connectivity index (χ1v) is 7.82. The lowest BCUT2D eigenvalue weighted by Crippen LogP contribution is -2.21. The molecular weight excluding hydrogens is 312 g/mol. The molecule has 1 amide bonds. The maximum absolute atomic E-state index is 11.9. The van der Waals surface area contributed by atoms with E-state index in [4.69, 9.17) is 11.6 Å². The summed E-state index contributed by atoms with van der Waals surface area (Å²) in [5, 5.41) is 4.11. The molecule has 0 fully saturated rings. The Balaban J connectivity index is 1.98. The predicted molar refractivity (Wildman–Crippen MR) is 94.3 cm³/mol. The molecule has 2 aromatic rings. The van der Waals surface area contributed by atoms with Gasteiger partial charge in [0, 0.05) is 25.0 Å². The molecule has 0 bridgehead atoms. The van der Waals surface area contributed by atoms with Crippen LogP contribution in [0.2, 0.25) is 5.15 Å². The Hall–Kier alpha value is -2.40. The molecule has 0 saturated carbocycles. The second-order valence-electron chi connectivity index (χ2n) is 4.80. The van der Waals surface area contributed by atoms with Gasteiger partial charge in [0.15, 0.2) is 0 Å². The molecule has 1 heterocycles. The summed E-state index contributed by atoms with van der Waals surface area (Å²) in [4.78, 5) is 18.0. The van der Waals surface area contributed by atoms with E-state index in [0.29, 0.717) is 5.56 Å². The van der Waals surface area contributed by atoms with Crippen LogP contribution in [0, 0.1) is 0 Å². The SMILES string of the molecule is CCN(CC)c1ccc(C=NNC(=O)c2cccnc2Cl)cc1. The molecule has 0 spiro atoms. The average molecular weight is 331 g/mol. The van der Waals surface area contributed by atoms with Gasteiger partial charge in [0.25, 0.3) is 5.91 Å². The van der Waals surface area contributed by atoms with E-state index >= 15 is 0 Å². The molecule has 1 aromatic heterocycles. The molecule has 0 atom stereocenters. The minimum Gasteiger partial charge on any atom is -0.372 e. The maximum Gasteiger partial charge on any atom is 0.274 e. The summed E-state index contributed by atoms with van der Waals surface area (Å²) in [6.07, 6.45) is 3.12. The van der Waals surface area contributed by atoms with Crippen molar-refractivity contribution in [2.24, 2.45) is 5.10 Å². The first kappa shape index (κ1) is 17.0. The zero-order chi connectivity index (χ0) is 16.7. The van der Waals surface area contributed by atoms with Crippen LogP contribution in [0.4, 0.5) is 5.69 Å². The predicted octanol–water partition coefficient (Wildman–Crippen LogP) is 3.35. The van der Waals surface area contributed by atoms with Crippen molar-refractivity contribution in [3.63, 3.8) is 0 Å². The number of halogens is 1. The first-order valence-electron chi connectivity index (χ1n) is 7.44. The van der Waals surface area contributed by atoms with Crippen LogP contribution >= 0.6 is 11.6 Å². The number of hydrazone groups is 1. The van der Waals surface area contributed by atoms with Crippen LogP contribution < -0.4 is 10.3 Å². The molecule has 120 valence electrons. The number of anilines is 1. The number of amides is 1. The number of aromatic nitrogens is 1. The maximum atomic E-state index is 11.9. The molecule has 0 saturated heterocycles. The largest absolute Gasteiger partial charge is 0.372 e. The number of hydrogen-bond acceptors (Lipinski definition) is 4. The number of nitrogens with zero attached hydrogens (tertiary/aromatic N) is 3. The number of carbonyl (C=O) groups excluding carboxylic acids is 1. The highest BCUT2D eigenvalue weighted by Gasteiger charge is 2.09. The van der Waals surface area contributed by atoms with Crippen molar-refractivity contribution < 1.29 is 4.79 Å². The monoisotopic (exact) mass is 330 g/mol. The number of pyridine rings is 1. The van der Waals surface area contributed by atoms with Crippen LogP contribution in [0.25, 0.3) is 0 Å². The van der Waals surface area contributed by atoms with E-state index in [2.05, 4.69) is 34.3 Å². The van der Waals surface area contributed by atoms with Gasteiger partial charge in [-0.15, -0.1) is 0 Å². The van der Waals surface area contributed by atoms with Gasteiger partial charge in [-0.25, -0.2) is 10.4 Å². The summed E-state index contributed by atoms with van der Waals surface area (Å²) in [5.74, 6) is -0.390. The van der Waals surface area contributed by atoms with E-state index in [1.54, 1.807) is 18.3 Å². The quantitative estimate of drug-likeness (QED) is 0.502. The van der Waals surface area contributed by atoms with Gasteiger partial charge in [-0.1, -0.05) is 23.7 Å². The molecule has 0 aliphatic carbocycles. The Morgan fingerprint density at radius 1 is 1.26 bits per heavy atom. The Morgan fingerprint density at radius 2 is 1.96 bits per heavy atom. The molecule has 0 aliphatic rings. The lowest BCUT2D eigenvalue weighted by atomic mass is 10.2. The molecule has 0 aliphatic heterocycles. The van der Waals surface area contributed by atoms with Crippen LogP contribution in [-0.4, -0.2) is 30.2 Å². The lowest BCUT2D eigenvalue weighted by molar-refractivity contribution is 0.0955. The highest BCUT2D eigenvalue weighted by Crippen LogP contribution is 2.14. The summed E-state index contributed by atoms with van der Waals surface area (Å²) in [7, 11) is 0. The lowest BCUT2D eigenvalue weighted by Gasteiger charge is -2.20. The third kappa shape index (κ3) is 4.53. The second kappa shape index (κ2) is 8.29. The van der Waals surface area contributed by atoms with E-state index < -0.39 is 0 Å². The Bertz CT molecular complexity index is 681. The second-order valence-corrected chi connectivity index (χ2v) is 5.16.